The van der Waals surface area contributed by atoms with Gasteiger partial charge in [-0.3, -0.25) is 10.2 Å². The van der Waals surface area contributed by atoms with Crippen LogP contribution in [-0.2, 0) is 4.79 Å². The summed E-state index contributed by atoms with van der Waals surface area (Å²) >= 11 is 6.72. The Morgan fingerprint density at radius 2 is 1.81 bits per heavy atom. The molecule has 5 rings (SSSR count). The summed E-state index contributed by atoms with van der Waals surface area (Å²) in [5, 5.41) is 13.2. The third kappa shape index (κ3) is 4.10. The normalized spacial score (nSPS) is 19.4. The first kappa shape index (κ1) is 23.9. The quantitative estimate of drug-likeness (QED) is 0.414. The van der Waals surface area contributed by atoms with Gasteiger partial charge in [0, 0.05) is 22.9 Å². The average Bonchev–Trinajstić information content (AvgIpc) is 2.81. The highest BCUT2D eigenvalue weighted by molar-refractivity contribution is 6.31. The summed E-state index contributed by atoms with van der Waals surface area (Å²) in [5.74, 6) is -0.440. The third-order valence-corrected chi connectivity index (χ3v) is 7.24. The van der Waals surface area contributed by atoms with Crippen molar-refractivity contribution in [3.63, 3.8) is 0 Å². The second-order valence-electron chi connectivity index (χ2n) is 10.5. The van der Waals surface area contributed by atoms with E-state index in [9.17, 15) is 10.1 Å². The number of aromatic nitrogens is 1. The first-order valence-electron chi connectivity index (χ1n) is 11.9. The van der Waals surface area contributed by atoms with E-state index in [-0.39, 0.29) is 27.7 Å². The lowest BCUT2D eigenvalue weighted by Crippen LogP contribution is -2.44. The lowest BCUT2D eigenvalue weighted by atomic mass is 9.69. The molecule has 36 heavy (non-hydrogen) atoms. The van der Waals surface area contributed by atoms with E-state index in [1.54, 1.807) is 5.01 Å². The van der Waals surface area contributed by atoms with Crippen molar-refractivity contribution in [1.29, 1.82) is 5.26 Å². The summed E-state index contributed by atoms with van der Waals surface area (Å²) in [6, 6.07) is 18.0. The van der Waals surface area contributed by atoms with Crippen molar-refractivity contribution in [3.05, 3.63) is 93.0 Å². The van der Waals surface area contributed by atoms with Crippen LogP contribution in [0, 0.1) is 30.6 Å². The predicted molar refractivity (Wildman–Crippen MR) is 143 cm³/mol. The van der Waals surface area contributed by atoms with Crippen molar-refractivity contribution in [2.24, 2.45) is 11.1 Å². The van der Waals surface area contributed by atoms with E-state index >= 15 is 0 Å². The highest BCUT2D eigenvalue weighted by Gasteiger charge is 2.45. The zero-order chi connectivity index (χ0) is 25.8. The van der Waals surface area contributed by atoms with Gasteiger partial charge in [0.25, 0.3) is 0 Å². The Balaban J connectivity index is 1.73. The van der Waals surface area contributed by atoms with Crippen molar-refractivity contribution in [1.82, 2.24) is 9.99 Å². The van der Waals surface area contributed by atoms with Crippen LogP contribution in [0.25, 0.3) is 10.9 Å². The number of anilines is 1. The zero-order valence-electron chi connectivity index (χ0n) is 20.8. The van der Waals surface area contributed by atoms with Crippen LogP contribution in [0.1, 0.15) is 49.3 Å². The molecule has 0 amide bonds. The highest BCUT2D eigenvalue weighted by atomic mass is 35.5. The van der Waals surface area contributed by atoms with Crippen LogP contribution in [0.4, 0.5) is 5.69 Å². The number of nitriles is 1. The number of aryl methyl sites for hydroxylation is 2. The molecule has 0 bridgehead atoms. The maximum absolute atomic E-state index is 13.7. The van der Waals surface area contributed by atoms with Crippen molar-refractivity contribution >= 4 is 34.0 Å². The number of carbonyl (C=O) groups excluding carboxylic acids is 1. The molecule has 1 aliphatic carbocycles. The number of benzene rings is 2. The van der Waals surface area contributed by atoms with E-state index in [2.05, 4.69) is 30.3 Å². The molecule has 6 nitrogen and oxygen atoms in total. The van der Waals surface area contributed by atoms with E-state index in [1.165, 1.54) is 0 Å². The number of nitrogens with one attached hydrogen (secondary N) is 1. The number of carbonyl (C=O) groups is 1. The first-order chi connectivity index (χ1) is 17.1. The Hall–Kier alpha value is -3.82. The molecule has 0 fully saturated rings. The number of rotatable bonds is 3. The molecular weight excluding hydrogens is 470 g/mol. The number of hydrazine groups is 1. The van der Waals surface area contributed by atoms with Crippen LogP contribution in [-0.4, -0.2) is 15.8 Å². The average molecular weight is 498 g/mol. The summed E-state index contributed by atoms with van der Waals surface area (Å²) in [7, 11) is 0. The van der Waals surface area contributed by atoms with Gasteiger partial charge in [-0.2, -0.15) is 5.26 Å². The summed E-state index contributed by atoms with van der Waals surface area (Å²) in [6.07, 6.45) is 0.984. The van der Waals surface area contributed by atoms with Gasteiger partial charge in [-0.1, -0.05) is 54.8 Å². The minimum atomic E-state index is -0.686. The molecule has 2 aliphatic rings. The van der Waals surface area contributed by atoms with Crippen LogP contribution >= 0.6 is 11.6 Å². The molecule has 0 saturated carbocycles. The van der Waals surface area contributed by atoms with Crippen LogP contribution in [0.2, 0.25) is 5.15 Å². The van der Waals surface area contributed by atoms with Crippen molar-refractivity contribution in [2.75, 3.05) is 5.43 Å². The highest BCUT2D eigenvalue weighted by Crippen LogP contribution is 2.50. The van der Waals surface area contributed by atoms with E-state index in [0.717, 1.165) is 33.4 Å². The van der Waals surface area contributed by atoms with Gasteiger partial charge in [-0.15, -0.1) is 0 Å². The summed E-state index contributed by atoms with van der Waals surface area (Å²) in [4.78, 5) is 18.3. The largest absolute Gasteiger partial charge is 0.383 e. The zero-order valence-corrected chi connectivity index (χ0v) is 21.6. The van der Waals surface area contributed by atoms with Gasteiger partial charge < -0.3 is 5.73 Å². The van der Waals surface area contributed by atoms with Gasteiger partial charge in [-0.25, -0.2) is 9.99 Å². The number of Topliss-reactive ketones (excluding diaryl/α,β-unsaturated/α-hetero) is 1. The molecule has 2 heterocycles. The number of hydrogen-bond donors (Lipinski definition) is 2. The Labute approximate surface area is 216 Å². The fraction of sp³-hybridized carbons (Fsp3) is 0.276. The number of pyridine rings is 1. The minimum Gasteiger partial charge on any atom is -0.383 e. The standard InChI is InChI=1S/C29H28ClN5O/c1-16-5-8-19(9-6-16)34-35-23-13-29(3,4)14-24(36)26(23)25(21(15-31)28(35)32)20-12-18-11-17(2)7-10-22(18)33-27(20)30/h5-12,25,34H,13-14,32H2,1-4H3. The van der Waals surface area contributed by atoms with Crippen LogP contribution in [0.15, 0.2) is 71.2 Å². The number of fused-ring (bicyclic) bond motifs is 1. The fourth-order valence-corrected chi connectivity index (χ4v) is 5.45. The van der Waals surface area contributed by atoms with Crippen molar-refractivity contribution < 1.29 is 4.79 Å². The van der Waals surface area contributed by atoms with Gasteiger partial charge >= 0.3 is 0 Å². The summed E-state index contributed by atoms with van der Waals surface area (Å²) in [5.41, 5.74) is 15.7. The molecule has 1 aromatic heterocycles. The lowest BCUT2D eigenvalue weighted by molar-refractivity contribution is -0.118. The second-order valence-corrected chi connectivity index (χ2v) is 10.9. The topological polar surface area (TPSA) is 95.0 Å². The molecule has 7 heteroatoms. The molecule has 0 saturated heterocycles. The fourth-order valence-electron chi connectivity index (χ4n) is 5.20. The molecule has 0 spiro atoms. The Morgan fingerprint density at radius 1 is 1.11 bits per heavy atom. The SMILES string of the molecule is Cc1ccc(NN2C(N)=C(C#N)C(c3cc4cc(C)ccc4nc3Cl)C3=C2CC(C)(C)CC3=O)cc1. The number of allylic oxidation sites excluding steroid dienone is 3. The van der Waals surface area contributed by atoms with Gasteiger partial charge in [0.2, 0.25) is 0 Å². The number of halogens is 1. The Morgan fingerprint density at radius 3 is 2.50 bits per heavy atom. The number of nitrogens with zero attached hydrogens (tertiary/aromatic N) is 3. The van der Waals surface area contributed by atoms with Gasteiger partial charge in [0.15, 0.2) is 5.78 Å². The van der Waals surface area contributed by atoms with Crippen LogP contribution in [0.5, 0.6) is 0 Å². The third-order valence-electron chi connectivity index (χ3n) is 6.94. The second kappa shape index (κ2) is 8.69. The number of nitrogens with two attached hydrogens (primary N) is 1. The van der Waals surface area contributed by atoms with Crippen molar-refractivity contribution in [2.45, 2.75) is 46.5 Å². The smallest absolute Gasteiger partial charge is 0.162 e. The molecule has 3 N–H and O–H groups in total. The van der Waals surface area contributed by atoms with Crippen LogP contribution in [0.3, 0.4) is 0 Å². The molecule has 3 aromatic rings. The van der Waals surface area contributed by atoms with Gasteiger partial charge in [0.1, 0.15) is 11.0 Å². The lowest BCUT2D eigenvalue weighted by Gasteiger charge is -2.43. The minimum absolute atomic E-state index is 0.0115. The summed E-state index contributed by atoms with van der Waals surface area (Å²) in [6.45, 7) is 8.17. The number of hydrogen-bond acceptors (Lipinski definition) is 6. The van der Waals surface area contributed by atoms with E-state index < -0.39 is 5.92 Å². The monoisotopic (exact) mass is 497 g/mol. The molecule has 1 unspecified atom stereocenters. The molecule has 1 atom stereocenters. The van der Waals surface area contributed by atoms with E-state index in [1.807, 2.05) is 62.4 Å². The predicted octanol–water partition coefficient (Wildman–Crippen LogP) is 6.27. The molecule has 182 valence electrons. The molecular formula is C29H28ClN5O. The van der Waals surface area contributed by atoms with E-state index in [4.69, 9.17) is 17.3 Å². The molecule has 0 radical (unpaired) electrons. The van der Waals surface area contributed by atoms with Gasteiger partial charge in [-0.05, 0) is 56.0 Å². The maximum atomic E-state index is 13.7. The molecule has 1 aliphatic heterocycles. The Bertz CT molecular complexity index is 1510. The number of ketones is 1. The Kier molecular flexibility index (Phi) is 5.77. The summed E-state index contributed by atoms with van der Waals surface area (Å²) < 4.78 is 0. The maximum Gasteiger partial charge on any atom is 0.162 e. The van der Waals surface area contributed by atoms with Crippen molar-refractivity contribution in [3.8, 4) is 6.07 Å². The van der Waals surface area contributed by atoms with E-state index in [0.29, 0.717) is 24.0 Å². The van der Waals surface area contributed by atoms with Crippen LogP contribution < -0.4 is 11.2 Å². The first-order valence-corrected chi connectivity index (χ1v) is 12.3. The van der Waals surface area contributed by atoms with Gasteiger partial charge in [0.05, 0.1) is 34.5 Å². The molecule has 2 aromatic carbocycles.